The Morgan fingerprint density at radius 3 is 1.67 bits per heavy atom. The second-order valence-electron chi connectivity index (χ2n) is 2.14. The van der Waals surface area contributed by atoms with Gasteiger partial charge in [-0.25, -0.2) is 0 Å². The van der Waals surface area contributed by atoms with Crippen LogP contribution in [0.4, 0.5) is 0 Å². The Hall–Kier alpha value is 1.37. The summed E-state index contributed by atoms with van der Waals surface area (Å²) in [4.78, 5) is 0. The number of hydrogen-bond acceptors (Lipinski definition) is 4. The molecule has 0 aliphatic heterocycles. The van der Waals surface area contributed by atoms with Crippen LogP contribution in [0.3, 0.4) is 0 Å². The van der Waals surface area contributed by atoms with E-state index in [1.165, 1.54) is 0 Å². The summed E-state index contributed by atoms with van der Waals surface area (Å²) in [6.07, 6.45) is 0. The van der Waals surface area contributed by atoms with Gasteiger partial charge in [-0.1, -0.05) is 0 Å². The molecule has 0 aromatic carbocycles. The summed E-state index contributed by atoms with van der Waals surface area (Å²) in [5.74, 6) is 0. The Bertz CT molecular complexity index is 73.7. The van der Waals surface area contributed by atoms with Gasteiger partial charge in [-0.05, 0) is 0 Å². The van der Waals surface area contributed by atoms with Crippen LogP contribution in [0.5, 0.6) is 0 Å². The fraction of sp³-hybridized carbons (Fsp3) is 1.00. The van der Waals surface area contributed by atoms with E-state index in [4.69, 9.17) is 17.1 Å². The molecular weight excluding hydrogens is 186 g/mol. The van der Waals surface area contributed by atoms with Gasteiger partial charge >= 0.3 is 45.4 Å². The van der Waals surface area contributed by atoms with Gasteiger partial charge in [0.2, 0.25) is 0 Å². The first-order valence-corrected chi connectivity index (χ1v) is 5.42. The quantitative estimate of drug-likeness (QED) is 0.372. The van der Waals surface area contributed by atoms with Crippen LogP contribution in [-0.4, -0.2) is 86.1 Å². The van der Waals surface area contributed by atoms with Crippen LogP contribution in [0.1, 0.15) is 1.43 Å². The molecule has 0 radical (unpaired) electrons. The van der Waals surface area contributed by atoms with E-state index in [1.807, 2.05) is 0 Å². The van der Waals surface area contributed by atoms with E-state index < -0.39 is 15.9 Å². The molecule has 0 rings (SSSR count). The van der Waals surface area contributed by atoms with Gasteiger partial charge in [0.1, 0.15) is 0 Å². The zero-order valence-corrected chi connectivity index (χ0v) is 9.46. The predicted molar refractivity (Wildman–Crippen MR) is 53.5 cm³/mol. The third-order valence-corrected chi connectivity index (χ3v) is 2.51. The molecule has 0 fully saturated rings. The fourth-order valence-electron chi connectivity index (χ4n) is 0.583. The van der Waals surface area contributed by atoms with Gasteiger partial charge in [-0.2, -0.15) is 0 Å². The fourth-order valence-corrected chi connectivity index (χ4v) is 1.42. The number of hydrogen-bond donors (Lipinski definition) is 0. The first kappa shape index (κ1) is 15.8. The Balaban J connectivity index is -0.000000500. The van der Waals surface area contributed by atoms with Gasteiger partial charge in [-0.3, -0.25) is 0 Å². The maximum atomic E-state index is 5.21. The van der Waals surface area contributed by atoms with Gasteiger partial charge < -0.3 is 17.1 Å². The van der Waals surface area contributed by atoms with Crippen molar-refractivity contribution < 1.29 is 18.5 Å². The molecule has 0 aromatic heterocycles. The van der Waals surface area contributed by atoms with Crippen molar-refractivity contribution in [1.82, 2.24) is 0 Å². The van der Waals surface area contributed by atoms with Crippen LogP contribution in [0.15, 0.2) is 0 Å². The molecule has 0 spiro atoms. The standard InChI is InChI=1S/2C3H7O2.Al.Na.H2.3H/c2*1-5-3-2-4;;;;;;/h2*2-3H2,1H3;;;1H;;;/q2*-1;+1;;;;;. The molecule has 6 heteroatoms. The number of methoxy groups -OCH3 is 2. The van der Waals surface area contributed by atoms with Crippen LogP contribution < -0.4 is 0 Å². The van der Waals surface area contributed by atoms with E-state index in [1.54, 1.807) is 14.2 Å². The van der Waals surface area contributed by atoms with Crippen molar-refractivity contribution in [3.05, 3.63) is 0 Å². The summed E-state index contributed by atoms with van der Waals surface area (Å²) in [6, 6.07) is 0. The molecule has 0 amide bonds. The van der Waals surface area contributed by atoms with Crippen molar-refractivity contribution >= 4 is 45.4 Å². The summed E-state index contributed by atoms with van der Waals surface area (Å²) in [6.45, 7) is 2.63. The van der Waals surface area contributed by atoms with Gasteiger partial charge in [-0.15, -0.1) is 0 Å². The van der Waals surface area contributed by atoms with Crippen molar-refractivity contribution in [2.45, 2.75) is 0 Å². The van der Waals surface area contributed by atoms with E-state index >= 15 is 0 Å². The molecule has 0 aliphatic carbocycles. The van der Waals surface area contributed by atoms with Crippen LogP contribution in [0.25, 0.3) is 0 Å². The maximum absolute atomic E-state index is 5.21. The second-order valence-corrected chi connectivity index (χ2v) is 3.63. The Kier molecular flexibility index (Phi) is 19.6. The van der Waals surface area contributed by atoms with Crippen molar-refractivity contribution in [2.75, 3.05) is 40.6 Å². The summed E-state index contributed by atoms with van der Waals surface area (Å²) < 4.78 is 20.0. The molecular formula is C6H19AlNaO4-. The molecule has 0 N–H and O–H groups in total. The van der Waals surface area contributed by atoms with Crippen LogP contribution in [0, 0.1) is 0 Å². The van der Waals surface area contributed by atoms with E-state index in [2.05, 4.69) is 0 Å². The molecule has 72 valence electrons. The second kappa shape index (κ2) is 14.9. The van der Waals surface area contributed by atoms with Gasteiger partial charge in [0.15, 0.2) is 0 Å². The monoisotopic (exact) mass is 205 g/mol. The summed E-state index contributed by atoms with van der Waals surface area (Å²) in [7, 11) is 3.31. The first-order chi connectivity index (χ1) is 5.41. The van der Waals surface area contributed by atoms with Crippen molar-refractivity contribution in [3.8, 4) is 0 Å². The normalized spacial score (nSPS) is 9.50. The molecule has 0 saturated heterocycles. The van der Waals surface area contributed by atoms with Crippen LogP contribution in [0.2, 0.25) is 0 Å². The zero-order valence-electron chi connectivity index (χ0n) is 7.46. The van der Waals surface area contributed by atoms with E-state index in [0.29, 0.717) is 26.4 Å². The predicted octanol–water partition coefficient (Wildman–Crippen LogP) is -1.09. The van der Waals surface area contributed by atoms with Crippen molar-refractivity contribution in [3.63, 3.8) is 0 Å². The first-order valence-electron chi connectivity index (χ1n) is 3.79. The van der Waals surface area contributed by atoms with Gasteiger partial charge in [0.05, 0.1) is 13.2 Å². The number of rotatable bonds is 8. The third-order valence-electron chi connectivity index (χ3n) is 1.22. The van der Waals surface area contributed by atoms with Crippen LogP contribution in [-0.2, 0) is 17.1 Å². The van der Waals surface area contributed by atoms with E-state index in [9.17, 15) is 0 Å². The molecule has 0 unspecified atom stereocenters. The molecule has 12 heavy (non-hydrogen) atoms. The Labute approximate surface area is 104 Å². The topological polar surface area (TPSA) is 36.9 Å². The number of ether oxygens (including phenoxy) is 2. The third kappa shape index (κ3) is 13.9. The molecule has 0 heterocycles. The summed E-state index contributed by atoms with van der Waals surface area (Å²) >= 11 is -1.23. The minimum atomic E-state index is -1.23. The molecule has 0 aliphatic rings. The SMILES string of the molecule is COCC[O][AlH2-][O]CCOC.[HH].[NaH]. The average molecular weight is 205 g/mol. The van der Waals surface area contributed by atoms with E-state index in [-0.39, 0.29) is 31.0 Å². The van der Waals surface area contributed by atoms with Crippen LogP contribution >= 0.6 is 0 Å². The molecule has 0 saturated carbocycles. The zero-order chi connectivity index (χ0) is 8.36. The van der Waals surface area contributed by atoms with Crippen molar-refractivity contribution in [2.24, 2.45) is 0 Å². The Morgan fingerprint density at radius 2 is 1.33 bits per heavy atom. The molecule has 0 aromatic rings. The summed E-state index contributed by atoms with van der Waals surface area (Å²) in [5.41, 5.74) is 0. The minimum absolute atomic E-state index is 0. The average Bonchev–Trinajstić information content (AvgIpc) is 2.03. The molecule has 0 atom stereocenters. The van der Waals surface area contributed by atoms with Gasteiger partial charge in [0, 0.05) is 28.9 Å². The molecule has 4 nitrogen and oxygen atoms in total. The van der Waals surface area contributed by atoms with E-state index in [0.717, 1.165) is 0 Å². The summed E-state index contributed by atoms with van der Waals surface area (Å²) in [5, 5.41) is 0. The van der Waals surface area contributed by atoms with Gasteiger partial charge in [0.25, 0.3) is 0 Å². The molecule has 0 bridgehead atoms. The van der Waals surface area contributed by atoms with Crippen molar-refractivity contribution in [1.29, 1.82) is 0 Å². The Morgan fingerprint density at radius 1 is 0.917 bits per heavy atom.